The summed E-state index contributed by atoms with van der Waals surface area (Å²) < 4.78 is 33.1. The summed E-state index contributed by atoms with van der Waals surface area (Å²) >= 11 is 3.29. The third-order valence-electron chi connectivity index (χ3n) is 2.95. The maximum absolute atomic E-state index is 14.0. The first-order valence-corrected chi connectivity index (χ1v) is 6.75. The lowest BCUT2D eigenvalue weighted by molar-refractivity contribution is 0.514. The number of hydrogen-bond donors (Lipinski definition) is 1. The smallest absolute Gasteiger partial charge is 0.174 e. The van der Waals surface area contributed by atoms with Gasteiger partial charge in [-0.05, 0) is 47.1 Å². The third-order valence-corrected chi connectivity index (χ3v) is 3.60. The van der Waals surface area contributed by atoms with E-state index in [0.29, 0.717) is 22.3 Å². The van der Waals surface area contributed by atoms with E-state index >= 15 is 0 Å². The zero-order valence-corrected chi connectivity index (χ0v) is 12.2. The molecule has 102 valence electrons. The number of rotatable bonds is 4. The molecule has 1 N–H and O–H groups in total. The van der Waals surface area contributed by atoms with Crippen LogP contribution >= 0.6 is 15.9 Å². The molecule has 1 aromatic heterocycles. The van der Waals surface area contributed by atoms with Crippen molar-refractivity contribution >= 4 is 15.9 Å². The lowest BCUT2D eigenvalue weighted by Gasteiger charge is -2.19. The van der Waals surface area contributed by atoms with Crippen LogP contribution in [-0.4, -0.2) is 6.54 Å². The van der Waals surface area contributed by atoms with Gasteiger partial charge in [-0.25, -0.2) is 8.78 Å². The summed E-state index contributed by atoms with van der Waals surface area (Å²) in [5.74, 6) is -1.11. The Kier molecular flexibility index (Phi) is 4.37. The highest BCUT2D eigenvalue weighted by Crippen LogP contribution is 2.31. The van der Waals surface area contributed by atoms with Gasteiger partial charge in [-0.15, -0.1) is 0 Å². The first-order chi connectivity index (χ1) is 9.04. The largest absolute Gasteiger partial charge is 0.457 e. The van der Waals surface area contributed by atoms with Gasteiger partial charge < -0.3 is 9.73 Å². The maximum Gasteiger partial charge on any atom is 0.174 e. The molecule has 0 radical (unpaired) electrons. The van der Waals surface area contributed by atoms with Crippen molar-refractivity contribution in [3.8, 4) is 0 Å². The molecule has 0 aliphatic carbocycles. The van der Waals surface area contributed by atoms with Crippen molar-refractivity contribution < 1.29 is 13.2 Å². The van der Waals surface area contributed by atoms with E-state index in [4.69, 9.17) is 4.42 Å². The normalized spacial score (nSPS) is 12.7. The number of hydrogen-bond acceptors (Lipinski definition) is 2. The molecular formula is C14H14BrF2NO. The fourth-order valence-corrected chi connectivity index (χ4v) is 2.47. The van der Waals surface area contributed by atoms with Gasteiger partial charge in [0.1, 0.15) is 11.6 Å². The zero-order chi connectivity index (χ0) is 14.0. The van der Waals surface area contributed by atoms with Crippen molar-refractivity contribution in [2.45, 2.75) is 19.9 Å². The fourth-order valence-electron chi connectivity index (χ4n) is 2.00. The van der Waals surface area contributed by atoms with E-state index in [-0.39, 0.29) is 6.04 Å². The Morgan fingerprint density at radius 1 is 1.26 bits per heavy atom. The molecule has 0 saturated carbocycles. The summed E-state index contributed by atoms with van der Waals surface area (Å²) in [6.07, 6.45) is 1.53. The molecule has 1 aromatic carbocycles. The highest BCUT2D eigenvalue weighted by Gasteiger charge is 2.22. The van der Waals surface area contributed by atoms with Crippen LogP contribution in [0.5, 0.6) is 0 Å². The predicted octanol–water partition coefficient (Wildman–Crippen LogP) is 4.33. The van der Waals surface area contributed by atoms with Gasteiger partial charge in [-0.1, -0.05) is 6.92 Å². The van der Waals surface area contributed by atoms with Gasteiger partial charge >= 0.3 is 0 Å². The molecule has 1 atom stereocenters. The van der Waals surface area contributed by atoms with Gasteiger partial charge in [-0.3, -0.25) is 0 Å². The Hall–Kier alpha value is -1.20. The Morgan fingerprint density at radius 2 is 2.00 bits per heavy atom. The first kappa shape index (κ1) is 14.2. The average Bonchev–Trinajstić information content (AvgIpc) is 2.77. The van der Waals surface area contributed by atoms with Gasteiger partial charge in [0, 0.05) is 17.2 Å². The van der Waals surface area contributed by atoms with Gasteiger partial charge in [-0.2, -0.15) is 0 Å². The molecule has 19 heavy (non-hydrogen) atoms. The molecule has 2 nitrogen and oxygen atoms in total. The van der Waals surface area contributed by atoms with Gasteiger partial charge in [0.2, 0.25) is 0 Å². The lowest BCUT2D eigenvalue weighted by Crippen LogP contribution is -2.23. The average molecular weight is 330 g/mol. The summed E-state index contributed by atoms with van der Waals surface area (Å²) in [7, 11) is 0. The Labute approximate surface area is 118 Å². The minimum Gasteiger partial charge on any atom is -0.457 e. The van der Waals surface area contributed by atoms with Crippen LogP contribution in [0.25, 0.3) is 0 Å². The van der Waals surface area contributed by atoms with Crippen LogP contribution in [0.1, 0.15) is 29.7 Å². The van der Waals surface area contributed by atoms with Crippen LogP contribution in [0, 0.1) is 18.6 Å². The summed E-state index contributed by atoms with van der Waals surface area (Å²) in [6.45, 7) is 4.19. The Balaban J connectivity index is 2.51. The lowest BCUT2D eigenvalue weighted by atomic mass is 9.98. The van der Waals surface area contributed by atoms with Crippen LogP contribution in [0.3, 0.4) is 0 Å². The van der Waals surface area contributed by atoms with E-state index in [9.17, 15) is 8.78 Å². The molecule has 0 aliphatic rings. The second-order valence-corrected chi connectivity index (χ2v) is 4.98. The van der Waals surface area contributed by atoms with Crippen LogP contribution < -0.4 is 5.32 Å². The number of aryl methyl sites for hydroxylation is 1. The number of furan rings is 1. The zero-order valence-electron chi connectivity index (χ0n) is 10.6. The van der Waals surface area contributed by atoms with Crippen molar-refractivity contribution in [1.82, 2.24) is 5.32 Å². The highest BCUT2D eigenvalue weighted by atomic mass is 79.9. The molecule has 0 bridgehead atoms. The van der Waals surface area contributed by atoms with Crippen molar-refractivity contribution in [2.24, 2.45) is 0 Å². The first-order valence-electron chi connectivity index (χ1n) is 5.96. The van der Waals surface area contributed by atoms with E-state index in [0.717, 1.165) is 11.6 Å². The van der Waals surface area contributed by atoms with Crippen molar-refractivity contribution in [2.75, 3.05) is 6.54 Å². The topological polar surface area (TPSA) is 25.2 Å². The summed E-state index contributed by atoms with van der Waals surface area (Å²) in [5, 5.41) is 3.18. The summed E-state index contributed by atoms with van der Waals surface area (Å²) in [4.78, 5) is 0. The third kappa shape index (κ3) is 2.87. The Morgan fingerprint density at radius 3 is 2.58 bits per heavy atom. The second-order valence-electron chi connectivity index (χ2n) is 4.26. The molecule has 2 aromatic rings. The second kappa shape index (κ2) is 5.84. The molecule has 0 saturated heterocycles. The van der Waals surface area contributed by atoms with Crippen molar-refractivity contribution in [3.63, 3.8) is 0 Å². The summed E-state index contributed by atoms with van der Waals surface area (Å²) in [5.41, 5.74) is 1.61. The molecule has 0 fully saturated rings. The molecule has 0 aliphatic heterocycles. The van der Waals surface area contributed by atoms with Gasteiger partial charge in [0.15, 0.2) is 4.67 Å². The van der Waals surface area contributed by atoms with Crippen LogP contribution in [-0.2, 0) is 0 Å². The van der Waals surface area contributed by atoms with Crippen molar-refractivity contribution in [1.29, 1.82) is 0 Å². The molecule has 0 spiro atoms. The minimum absolute atomic E-state index is 0.377. The van der Waals surface area contributed by atoms with E-state index in [1.165, 1.54) is 12.3 Å². The van der Waals surface area contributed by atoms with E-state index in [1.54, 1.807) is 13.0 Å². The monoisotopic (exact) mass is 329 g/mol. The minimum atomic E-state index is -0.567. The van der Waals surface area contributed by atoms with E-state index in [2.05, 4.69) is 21.2 Å². The fraction of sp³-hybridized carbons (Fsp3) is 0.286. The van der Waals surface area contributed by atoms with E-state index < -0.39 is 11.6 Å². The molecule has 5 heteroatoms. The van der Waals surface area contributed by atoms with Crippen LogP contribution in [0.15, 0.2) is 33.5 Å². The Bertz CT molecular complexity index is 583. The number of halogens is 3. The molecule has 0 amide bonds. The predicted molar refractivity (Wildman–Crippen MR) is 73.0 cm³/mol. The molecular weight excluding hydrogens is 316 g/mol. The van der Waals surface area contributed by atoms with Crippen molar-refractivity contribution in [3.05, 3.63) is 57.5 Å². The van der Waals surface area contributed by atoms with Gasteiger partial charge in [0.05, 0.1) is 12.3 Å². The maximum atomic E-state index is 14.0. The molecule has 1 heterocycles. The van der Waals surface area contributed by atoms with Crippen LogP contribution in [0.2, 0.25) is 0 Å². The van der Waals surface area contributed by atoms with Gasteiger partial charge in [0.25, 0.3) is 0 Å². The standard InChI is InChI=1S/C14H14BrF2NO/c1-3-18-13(9-4-5-19-14(9)15)10-6-8(2)11(16)7-12(10)17/h4-7,13,18H,3H2,1-2H3. The molecule has 1 unspecified atom stereocenters. The number of nitrogens with one attached hydrogen (secondary N) is 1. The summed E-state index contributed by atoms with van der Waals surface area (Å²) in [6, 6.07) is 3.83. The highest BCUT2D eigenvalue weighted by molar-refractivity contribution is 9.10. The SMILES string of the molecule is CCNC(c1cc(C)c(F)cc1F)c1ccoc1Br. The number of benzene rings is 1. The quantitative estimate of drug-likeness (QED) is 0.903. The van der Waals surface area contributed by atoms with E-state index in [1.807, 2.05) is 6.92 Å². The molecule has 2 rings (SSSR count). The van der Waals surface area contributed by atoms with Crippen LogP contribution in [0.4, 0.5) is 8.78 Å².